The first-order valence-corrected chi connectivity index (χ1v) is 6.54. The maximum absolute atomic E-state index is 12.4. The molecule has 0 spiro atoms. The lowest BCUT2D eigenvalue weighted by molar-refractivity contribution is 0.0674. The summed E-state index contributed by atoms with van der Waals surface area (Å²) in [5.41, 5.74) is 2.67. The SMILES string of the molecule is O=C1c2cc(CO)ccc2CN1C1CCCNC1. The molecule has 4 heteroatoms. The average Bonchev–Trinajstić information content (AvgIpc) is 2.77. The fraction of sp³-hybridized carbons (Fsp3) is 0.500. The molecular formula is C14H18N2O2. The number of benzene rings is 1. The number of amides is 1. The second-order valence-corrected chi connectivity index (χ2v) is 5.08. The Morgan fingerprint density at radius 1 is 1.44 bits per heavy atom. The van der Waals surface area contributed by atoms with Gasteiger partial charge in [0, 0.05) is 24.7 Å². The van der Waals surface area contributed by atoms with E-state index < -0.39 is 0 Å². The van der Waals surface area contributed by atoms with E-state index in [0.29, 0.717) is 12.6 Å². The summed E-state index contributed by atoms with van der Waals surface area (Å²) >= 11 is 0. The van der Waals surface area contributed by atoms with E-state index in [4.69, 9.17) is 5.11 Å². The number of aliphatic hydroxyl groups excluding tert-OH is 1. The van der Waals surface area contributed by atoms with Crippen LogP contribution in [0.1, 0.15) is 34.3 Å². The number of hydrogen-bond acceptors (Lipinski definition) is 3. The highest BCUT2D eigenvalue weighted by Gasteiger charge is 2.33. The van der Waals surface area contributed by atoms with Crippen molar-refractivity contribution in [2.45, 2.75) is 32.0 Å². The Hall–Kier alpha value is -1.39. The van der Waals surface area contributed by atoms with E-state index in [2.05, 4.69) is 5.32 Å². The largest absolute Gasteiger partial charge is 0.392 e. The van der Waals surface area contributed by atoms with Gasteiger partial charge in [0.1, 0.15) is 0 Å². The predicted molar refractivity (Wildman–Crippen MR) is 68.1 cm³/mol. The van der Waals surface area contributed by atoms with Crippen LogP contribution in [-0.2, 0) is 13.2 Å². The molecule has 1 fully saturated rings. The zero-order chi connectivity index (χ0) is 12.5. The van der Waals surface area contributed by atoms with Crippen molar-refractivity contribution in [2.24, 2.45) is 0 Å². The molecule has 2 aliphatic rings. The summed E-state index contributed by atoms with van der Waals surface area (Å²) in [4.78, 5) is 14.4. The van der Waals surface area contributed by atoms with Crippen molar-refractivity contribution >= 4 is 5.91 Å². The molecule has 2 heterocycles. The lowest BCUT2D eigenvalue weighted by atomic mass is 10.1. The normalized spacial score (nSPS) is 23.3. The summed E-state index contributed by atoms with van der Waals surface area (Å²) in [6, 6.07) is 6.01. The molecule has 0 aliphatic carbocycles. The standard InChI is InChI=1S/C14H18N2O2/c17-9-10-3-4-11-8-16(14(18)13(11)6-10)12-2-1-5-15-7-12/h3-4,6,12,15,17H,1-2,5,7-9H2. The van der Waals surface area contributed by atoms with Crippen LogP contribution in [0.2, 0.25) is 0 Å². The van der Waals surface area contributed by atoms with Crippen molar-refractivity contribution < 1.29 is 9.90 Å². The van der Waals surface area contributed by atoms with Crippen molar-refractivity contribution in [3.63, 3.8) is 0 Å². The van der Waals surface area contributed by atoms with Gasteiger partial charge in [-0.3, -0.25) is 4.79 Å². The van der Waals surface area contributed by atoms with Gasteiger partial charge in [0.15, 0.2) is 0 Å². The Labute approximate surface area is 107 Å². The molecule has 0 radical (unpaired) electrons. The van der Waals surface area contributed by atoms with Crippen LogP contribution in [0, 0.1) is 0 Å². The number of carbonyl (C=O) groups excluding carboxylic acids is 1. The molecule has 0 bridgehead atoms. The minimum atomic E-state index is -0.00839. The Balaban J connectivity index is 1.84. The Bertz CT molecular complexity index is 467. The molecule has 3 rings (SSSR count). The zero-order valence-electron chi connectivity index (χ0n) is 10.4. The molecule has 1 amide bonds. The summed E-state index contributed by atoms with van der Waals surface area (Å²) < 4.78 is 0. The van der Waals surface area contributed by atoms with Crippen LogP contribution in [0.4, 0.5) is 0 Å². The van der Waals surface area contributed by atoms with Crippen LogP contribution in [0.3, 0.4) is 0 Å². The third-order valence-corrected chi connectivity index (χ3v) is 3.90. The summed E-state index contributed by atoms with van der Waals surface area (Å²) in [7, 11) is 0. The van der Waals surface area contributed by atoms with Crippen LogP contribution in [0.15, 0.2) is 18.2 Å². The first-order chi connectivity index (χ1) is 8.79. The Morgan fingerprint density at radius 3 is 3.06 bits per heavy atom. The fourth-order valence-corrected chi connectivity index (χ4v) is 2.86. The Kier molecular flexibility index (Phi) is 3.06. The van der Waals surface area contributed by atoms with Crippen molar-refractivity contribution in [3.8, 4) is 0 Å². The topological polar surface area (TPSA) is 52.6 Å². The van der Waals surface area contributed by atoms with E-state index in [1.807, 2.05) is 23.1 Å². The highest BCUT2D eigenvalue weighted by atomic mass is 16.3. The van der Waals surface area contributed by atoms with Gasteiger partial charge >= 0.3 is 0 Å². The number of hydrogen-bond donors (Lipinski definition) is 2. The highest BCUT2D eigenvalue weighted by Crippen LogP contribution is 2.27. The molecule has 1 aromatic rings. The van der Waals surface area contributed by atoms with Crippen LogP contribution in [0.5, 0.6) is 0 Å². The quantitative estimate of drug-likeness (QED) is 0.814. The number of fused-ring (bicyclic) bond motifs is 1. The van der Waals surface area contributed by atoms with Crippen LogP contribution in [0.25, 0.3) is 0 Å². The maximum atomic E-state index is 12.4. The first kappa shape index (κ1) is 11.7. The van der Waals surface area contributed by atoms with E-state index in [9.17, 15) is 4.79 Å². The fourth-order valence-electron chi connectivity index (χ4n) is 2.86. The van der Waals surface area contributed by atoms with Gasteiger partial charge in [-0.25, -0.2) is 0 Å². The zero-order valence-corrected chi connectivity index (χ0v) is 10.4. The van der Waals surface area contributed by atoms with Gasteiger partial charge in [-0.05, 0) is 36.6 Å². The van der Waals surface area contributed by atoms with E-state index >= 15 is 0 Å². The summed E-state index contributed by atoms with van der Waals surface area (Å²) in [5.74, 6) is 0.119. The molecule has 4 nitrogen and oxygen atoms in total. The lowest BCUT2D eigenvalue weighted by Gasteiger charge is -2.31. The average molecular weight is 246 g/mol. The van der Waals surface area contributed by atoms with Gasteiger partial charge in [0.2, 0.25) is 0 Å². The third kappa shape index (κ3) is 1.91. The van der Waals surface area contributed by atoms with E-state index in [1.165, 1.54) is 0 Å². The van der Waals surface area contributed by atoms with Crippen molar-refractivity contribution in [1.29, 1.82) is 0 Å². The van der Waals surface area contributed by atoms with E-state index in [-0.39, 0.29) is 12.5 Å². The molecule has 2 N–H and O–H groups in total. The first-order valence-electron chi connectivity index (χ1n) is 6.54. The molecule has 1 unspecified atom stereocenters. The van der Waals surface area contributed by atoms with Crippen LogP contribution in [-0.4, -0.2) is 35.0 Å². The smallest absolute Gasteiger partial charge is 0.254 e. The highest BCUT2D eigenvalue weighted by molar-refractivity contribution is 5.98. The van der Waals surface area contributed by atoms with Crippen molar-refractivity contribution in [1.82, 2.24) is 10.2 Å². The lowest BCUT2D eigenvalue weighted by Crippen LogP contribution is -2.46. The molecule has 1 aromatic carbocycles. The number of nitrogens with one attached hydrogen (secondary N) is 1. The van der Waals surface area contributed by atoms with E-state index in [1.54, 1.807) is 0 Å². The van der Waals surface area contributed by atoms with Gasteiger partial charge < -0.3 is 15.3 Å². The summed E-state index contributed by atoms with van der Waals surface area (Å²) in [6.45, 7) is 2.66. The third-order valence-electron chi connectivity index (χ3n) is 3.90. The summed E-state index contributed by atoms with van der Waals surface area (Å²) in [6.07, 6.45) is 2.21. The number of aliphatic hydroxyl groups is 1. The second kappa shape index (κ2) is 4.71. The molecule has 1 saturated heterocycles. The van der Waals surface area contributed by atoms with Crippen molar-refractivity contribution in [2.75, 3.05) is 13.1 Å². The second-order valence-electron chi connectivity index (χ2n) is 5.08. The predicted octanol–water partition coefficient (Wildman–Crippen LogP) is 0.887. The molecule has 96 valence electrons. The molecule has 18 heavy (non-hydrogen) atoms. The van der Waals surface area contributed by atoms with Crippen LogP contribution >= 0.6 is 0 Å². The molecule has 0 aromatic heterocycles. The van der Waals surface area contributed by atoms with Gasteiger partial charge in [0.25, 0.3) is 5.91 Å². The number of carbonyl (C=O) groups is 1. The van der Waals surface area contributed by atoms with Gasteiger partial charge in [-0.15, -0.1) is 0 Å². The molecular weight excluding hydrogens is 228 g/mol. The Morgan fingerprint density at radius 2 is 2.33 bits per heavy atom. The molecule has 2 aliphatic heterocycles. The van der Waals surface area contributed by atoms with Gasteiger partial charge in [-0.2, -0.15) is 0 Å². The maximum Gasteiger partial charge on any atom is 0.254 e. The number of nitrogens with zero attached hydrogens (tertiary/aromatic N) is 1. The summed E-state index contributed by atoms with van der Waals surface area (Å²) in [5, 5.41) is 12.5. The minimum Gasteiger partial charge on any atom is -0.392 e. The minimum absolute atomic E-state index is 0.00839. The monoisotopic (exact) mass is 246 g/mol. The molecule has 0 saturated carbocycles. The number of rotatable bonds is 2. The van der Waals surface area contributed by atoms with Gasteiger partial charge in [0.05, 0.1) is 6.61 Å². The van der Waals surface area contributed by atoms with Crippen LogP contribution < -0.4 is 5.32 Å². The van der Waals surface area contributed by atoms with E-state index in [0.717, 1.165) is 42.6 Å². The van der Waals surface area contributed by atoms with Gasteiger partial charge in [-0.1, -0.05) is 12.1 Å². The number of piperidine rings is 1. The molecule has 1 atom stereocenters. The van der Waals surface area contributed by atoms with Crippen molar-refractivity contribution in [3.05, 3.63) is 34.9 Å².